The van der Waals surface area contributed by atoms with Gasteiger partial charge in [-0.25, -0.2) is 0 Å². The number of hydrogen-bond acceptors (Lipinski definition) is 4. The molecule has 112 valence electrons. The molecular formula is C17H21NO3. The Kier molecular flexibility index (Phi) is 2.44. The van der Waals surface area contributed by atoms with E-state index in [2.05, 4.69) is 4.98 Å². The molecule has 3 fully saturated rings. The predicted molar refractivity (Wildman–Crippen MR) is 76.7 cm³/mol. The van der Waals surface area contributed by atoms with Gasteiger partial charge in [0.25, 0.3) is 0 Å². The minimum atomic E-state index is -0.468. The summed E-state index contributed by atoms with van der Waals surface area (Å²) in [6, 6.07) is 4.05. The molecule has 0 unspecified atom stereocenters. The molecule has 2 bridgehead atoms. The van der Waals surface area contributed by atoms with Gasteiger partial charge in [-0.15, -0.1) is 0 Å². The molecule has 4 heteroatoms. The minimum Gasteiger partial charge on any atom is -0.459 e. The van der Waals surface area contributed by atoms with Gasteiger partial charge in [0.15, 0.2) is 0 Å². The van der Waals surface area contributed by atoms with Crippen LogP contribution in [0.1, 0.15) is 45.6 Å². The van der Waals surface area contributed by atoms with Gasteiger partial charge in [0.1, 0.15) is 11.0 Å². The molecule has 4 atom stereocenters. The standard InChI is InChI=1S/C17H21NO3/c1-15(2,3)21-14(19)17-10-16(17,11-6-8-18-9-7-11)12-4-5-13(17)20-12/h6-9,12-13H,4-5,10H2,1-3H3/t12-,13+,16+,17+/m0/s1. The van der Waals surface area contributed by atoms with Crippen LogP contribution in [0.2, 0.25) is 0 Å². The van der Waals surface area contributed by atoms with Crippen molar-refractivity contribution < 1.29 is 14.3 Å². The number of carbonyl (C=O) groups excluding carboxylic acids is 1. The Morgan fingerprint density at radius 3 is 2.62 bits per heavy atom. The maximum atomic E-state index is 12.9. The molecule has 4 nitrogen and oxygen atoms in total. The van der Waals surface area contributed by atoms with Gasteiger partial charge in [0, 0.05) is 17.8 Å². The van der Waals surface area contributed by atoms with Crippen molar-refractivity contribution in [3.05, 3.63) is 30.1 Å². The van der Waals surface area contributed by atoms with Crippen LogP contribution in [0.25, 0.3) is 0 Å². The predicted octanol–water partition coefficient (Wildman–Crippen LogP) is 2.61. The van der Waals surface area contributed by atoms with Gasteiger partial charge in [0.2, 0.25) is 0 Å². The zero-order valence-corrected chi connectivity index (χ0v) is 12.8. The average Bonchev–Trinajstić information content (AvgIpc) is 2.84. The molecule has 0 N–H and O–H groups in total. The second kappa shape index (κ2) is 3.86. The zero-order valence-electron chi connectivity index (χ0n) is 12.8. The second-order valence-electron chi connectivity index (χ2n) is 7.55. The van der Waals surface area contributed by atoms with E-state index in [0.29, 0.717) is 0 Å². The van der Waals surface area contributed by atoms with Gasteiger partial charge < -0.3 is 9.47 Å². The Morgan fingerprint density at radius 1 is 1.29 bits per heavy atom. The summed E-state index contributed by atoms with van der Waals surface area (Å²) in [4.78, 5) is 17.0. The van der Waals surface area contributed by atoms with Crippen molar-refractivity contribution in [3.63, 3.8) is 0 Å². The fourth-order valence-corrected chi connectivity index (χ4v) is 4.51. The number of fused-ring (bicyclic) bond motifs is 5. The average molecular weight is 287 g/mol. The number of nitrogens with zero attached hydrogens (tertiary/aromatic N) is 1. The summed E-state index contributed by atoms with van der Waals surface area (Å²) in [5.74, 6) is -0.0842. The third-order valence-corrected chi connectivity index (χ3v) is 5.31. The van der Waals surface area contributed by atoms with Crippen LogP contribution in [-0.2, 0) is 19.7 Å². The summed E-state index contributed by atoms with van der Waals surface area (Å²) in [5.41, 5.74) is 0.0713. The lowest BCUT2D eigenvalue weighted by Crippen LogP contribution is -2.40. The molecule has 1 aliphatic carbocycles. The highest BCUT2D eigenvalue weighted by molar-refractivity contribution is 5.87. The van der Waals surface area contributed by atoms with Gasteiger partial charge in [-0.3, -0.25) is 9.78 Å². The van der Waals surface area contributed by atoms with Crippen LogP contribution >= 0.6 is 0 Å². The molecule has 0 spiro atoms. The van der Waals surface area contributed by atoms with Gasteiger partial charge >= 0.3 is 5.97 Å². The van der Waals surface area contributed by atoms with Crippen LogP contribution < -0.4 is 0 Å². The molecule has 2 aliphatic heterocycles. The Labute approximate surface area is 124 Å². The molecule has 3 heterocycles. The summed E-state index contributed by atoms with van der Waals surface area (Å²) >= 11 is 0. The summed E-state index contributed by atoms with van der Waals surface area (Å²) in [6.45, 7) is 5.77. The summed E-state index contributed by atoms with van der Waals surface area (Å²) < 4.78 is 11.8. The van der Waals surface area contributed by atoms with Crippen LogP contribution in [0, 0.1) is 5.41 Å². The number of aromatic nitrogens is 1. The van der Waals surface area contributed by atoms with Crippen LogP contribution in [0.3, 0.4) is 0 Å². The second-order valence-corrected chi connectivity index (χ2v) is 7.55. The van der Waals surface area contributed by atoms with Crippen LogP contribution in [0.15, 0.2) is 24.5 Å². The number of hydrogen-bond donors (Lipinski definition) is 0. The molecule has 1 aromatic heterocycles. The first-order chi connectivity index (χ1) is 9.90. The first-order valence-electron chi connectivity index (χ1n) is 7.70. The van der Waals surface area contributed by atoms with Crippen molar-refractivity contribution in [2.75, 3.05) is 0 Å². The summed E-state index contributed by atoms with van der Waals surface area (Å²) in [7, 11) is 0. The Hall–Kier alpha value is -1.42. The highest BCUT2D eigenvalue weighted by Crippen LogP contribution is 2.78. The molecule has 21 heavy (non-hydrogen) atoms. The molecule has 1 aromatic rings. The lowest BCUT2D eigenvalue weighted by atomic mass is 9.75. The number of ether oxygens (including phenoxy) is 2. The van der Waals surface area contributed by atoms with E-state index in [-0.39, 0.29) is 23.6 Å². The van der Waals surface area contributed by atoms with Crippen molar-refractivity contribution in [3.8, 4) is 0 Å². The van der Waals surface area contributed by atoms with Crippen LogP contribution in [0.4, 0.5) is 0 Å². The molecule has 1 saturated carbocycles. The molecule has 0 radical (unpaired) electrons. The fourth-order valence-electron chi connectivity index (χ4n) is 4.51. The first-order valence-corrected chi connectivity index (χ1v) is 7.70. The van der Waals surface area contributed by atoms with E-state index in [4.69, 9.17) is 9.47 Å². The maximum Gasteiger partial charge on any atom is 0.316 e. The van der Waals surface area contributed by atoms with E-state index in [0.717, 1.165) is 19.3 Å². The Morgan fingerprint density at radius 2 is 1.95 bits per heavy atom. The summed E-state index contributed by atoms with van der Waals surface area (Å²) in [6.07, 6.45) is 6.63. The lowest BCUT2D eigenvalue weighted by molar-refractivity contribution is -0.165. The zero-order chi connectivity index (χ0) is 14.9. The topological polar surface area (TPSA) is 48.4 Å². The van der Waals surface area contributed by atoms with E-state index >= 15 is 0 Å². The van der Waals surface area contributed by atoms with Crippen LogP contribution in [0.5, 0.6) is 0 Å². The fraction of sp³-hybridized carbons (Fsp3) is 0.647. The highest BCUT2D eigenvalue weighted by atomic mass is 16.6. The van der Waals surface area contributed by atoms with Gasteiger partial charge in [0.05, 0.1) is 12.2 Å². The molecule has 2 saturated heterocycles. The van der Waals surface area contributed by atoms with Crippen molar-refractivity contribution in [2.24, 2.45) is 5.41 Å². The van der Waals surface area contributed by atoms with E-state index in [1.807, 2.05) is 32.9 Å². The van der Waals surface area contributed by atoms with Gasteiger partial charge in [-0.05, 0) is 57.7 Å². The molecule has 0 aromatic carbocycles. The Balaban J connectivity index is 1.74. The SMILES string of the molecule is CC(C)(C)OC(=O)[C@]12C[C@@]1(c1ccncc1)[C@@H]1CC[C@H]2O1. The van der Waals surface area contributed by atoms with E-state index in [1.54, 1.807) is 12.4 Å². The third kappa shape index (κ3) is 1.54. The number of rotatable bonds is 2. The normalized spacial score (nSPS) is 40.0. The van der Waals surface area contributed by atoms with Gasteiger partial charge in [-0.1, -0.05) is 0 Å². The monoisotopic (exact) mass is 287 g/mol. The number of pyridine rings is 1. The van der Waals surface area contributed by atoms with Crippen molar-refractivity contribution >= 4 is 5.97 Å². The largest absolute Gasteiger partial charge is 0.459 e. The van der Waals surface area contributed by atoms with E-state index < -0.39 is 11.0 Å². The third-order valence-electron chi connectivity index (χ3n) is 5.31. The van der Waals surface area contributed by atoms with Crippen molar-refractivity contribution in [1.29, 1.82) is 0 Å². The first kappa shape index (κ1) is 13.3. The summed E-state index contributed by atoms with van der Waals surface area (Å²) in [5, 5.41) is 0. The maximum absolute atomic E-state index is 12.9. The van der Waals surface area contributed by atoms with Crippen LogP contribution in [-0.4, -0.2) is 28.8 Å². The van der Waals surface area contributed by atoms with Crippen molar-refractivity contribution in [2.45, 2.75) is 63.3 Å². The quantitative estimate of drug-likeness (QED) is 0.785. The number of carbonyl (C=O) groups is 1. The molecule has 4 rings (SSSR count). The minimum absolute atomic E-state index is 0.0190. The molecule has 3 aliphatic rings. The highest BCUT2D eigenvalue weighted by Gasteiger charge is 2.86. The number of esters is 1. The van der Waals surface area contributed by atoms with E-state index in [1.165, 1.54) is 5.56 Å². The Bertz CT molecular complexity index is 594. The smallest absolute Gasteiger partial charge is 0.316 e. The van der Waals surface area contributed by atoms with Gasteiger partial charge in [-0.2, -0.15) is 0 Å². The molecular weight excluding hydrogens is 266 g/mol. The lowest BCUT2D eigenvalue weighted by Gasteiger charge is -2.29. The van der Waals surface area contributed by atoms with E-state index in [9.17, 15) is 4.79 Å². The van der Waals surface area contributed by atoms with Crippen molar-refractivity contribution in [1.82, 2.24) is 4.98 Å². The molecule has 0 amide bonds.